The second-order valence-corrected chi connectivity index (χ2v) is 6.55. The van der Waals surface area contributed by atoms with Gasteiger partial charge in [-0.1, -0.05) is 6.07 Å². The molecule has 146 valence electrons. The Hall–Kier alpha value is -3.29. The lowest BCUT2D eigenvalue weighted by Crippen LogP contribution is -2.50. The van der Waals surface area contributed by atoms with Crippen LogP contribution in [0.5, 0.6) is 11.5 Å². The first kappa shape index (κ1) is 18.1. The molecule has 3 heterocycles. The van der Waals surface area contributed by atoms with E-state index in [0.717, 1.165) is 17.1 Å². The van der Waals surface area contributed by atoms with E-state index in [1.807, 2.05) is 28.0 Å². The monoisotopic (exact) mass is 383 g/mol. The van der Waals surface area contributed by atoms with Gasteiger partial charge in [-0.05, 0) is 36.8 Å². The number of esters is 1. The molecule has 0 N–H and O–H groups in total. The smallest absolute Gasteiger partial charge is 0.339 e. The average molecular weight is 383 g/mol. The van der Waals surface area contributed by atoms with Crippen molar-refractivity contribution in [3.63, 3.8) is 0 Å². The quantitative estimate of drug-likeness (QED) is 0.729. The number of benzene rings is 1. The van der Waals surface area contributed by atoms with Crippen LogP contribution in [-0.4, -0.2) is 54.8 Å². The predicted octanol–water partition coefficient (Wildman–Crippen LogP) is 1.84. The summed E-state index contributed by atoms with van der Waals surface area (Å²) in [6, 6.07) is 9.14. The van der Waals surface area contributed by atoms with Crippen molar-refractivity contribution < 1.29 is 23.8 Å². The number of carbonyl (C=O) groups is 2. The summed E-state index contributed by atoms with van der Waals surface area (Å²) >= 11 is 0. The Morgan fingerprint density at radius 1 is 1.18 bits per heavy atom. The molecule has 4 rings (SSSR count). The van der Waals surface area contributed by atoms with Crippen LogP contribution in [0.15, 0.2) is 36.5 Å². The van der Waals surface area contributed by atoms with Gasteiger partial charge in [-0.3, -0.25) is 4.79 Å². The van der Waals surface area contributed by atoms with Crippen LogP contribution in [0.2, 0.25) is 0 Å². The number of piperazine rings is 1. The Morgan fingerprint density at radius 2 is 2.04 bits per heavy atom. The summed E-state index contributed by atoms with van der Waals surface area (Å²) in [5, 5.41) is 0. The van der Waals surface area contributed by atoms with Gasteiger partial charge >= 0.3 is 5.97 Å². The number of rotatable bonds is 5. The van der Waals surface area contributed by atoms with Crippen molar-refractivity contribution in [1.29, 1.82) is 0 Å². The second kappa shape index (κ2) is 7.75. The van der Waals surface area contributed by atoms with Crippen LogP contribution >= 0.6 is 0 Å². The van der Waals surface area contributed by atoms with E-state index in [4.69, 9.17) is 14.2 Å². The molecule has 1 aromatic carbocycles. The van der Waals surface area contributed by atoms with E-state index in [1.54, 1.807) is 19.1 Å². The fourth-order valence-corrected chi connectivity index (χ4v) is 3.24. The first-order valence-electron chi connectivity index (χ1n) is 9.18. The van der Waals surface area contributed by atoms with Crippen LogP contribution in [0.25, 0.3) is 0 Å². The summed E-state index contributed by atoms with van der Waals surface area (Å²) < 4.78 is 15.7. The molecule has 0 bridgehead atoms. The van der Waals surface area contributed by atoms with Gasteiger partial charge in [0.15, 0.2) is 11.5 Å². The Labute approximate surface area is 162 Å². The van der Waals surface area contributed by atoms with E-state index in [9.17, 15) is 9.59 Å². The molecule has 1 aromatic heterocycles. The highest BCUT2D eigenvalue weighted by Crippen LogP contribution is 2.33. The fraction of sp³-hybridized carbons (Fsp3) is 0.350. The van der Waals surface area contributed by atoms with Gasteiger partial charge in [0.25, 0.3) is 0 Å². The van der Waals surface area contributed by atoms with Gasteiger partial charge in [-0.2, -0.15) is 0 Å². The van der Waals surface area contributed by atoms with Gasteiger partial charge in [-0.25, -0.2) is 9.78 Å². The van der Waals surface area contributed by atoms with Crippen molar-refractivity contribution in [2.24, 2.45) is 0 Å². The lowest BCUT2D eigenvalue weighted by atomic mass is 10.1. The Kier molecular flexibility index (Phi) is 5.01. The predicted molar refractivity (Wildman–Crippen MR) is 100 cm³/mol. The first-order valence-corrected chi connectivity index (χ1v) is 9.18. The lowest BCUT2D eigenvalue weighted by Gasteiger charge is -2.35. The summed E-state index contributed by atoms with van der Waals surface area (Å²) in [6.07, 6.45) is 1.48. The first-order chi connectivity index (χ1) is 13.6. The van der Waals surface area contributed by atoms with Crippen molar-refractivity contribution in [3.8, 4) is 11.5 Å². The maximum atomic E-state index is 12.6. The maximum Gasteiger partial charge on any atom is 0.339 e. The van der Waals surface area contributed by atoms with Gasteiger partial charge < -0.3 is 24.0 Å². The number of carbonyl (C=O) groups excluding carboxylic acids is 2. The van der Waals surface area contributed by atoms with E-state index in [2.05, 4.69) is 4.98 Å². The van der Waals surface area contributed by atoms with Gasteiger partial charge in [0, 0.05) is 25.8 Å². The largest absolute Gasteiger partial charge is 0.462 e. The highest BCUT2D eigenvalue weighted by molar-refractivity contribution is 5.89. The van der Waals surface area contributed by atoms with Crippen LogP contribution in [0.3, 0.4) is 0 Å². The molecular weight excluding hydrogens is 362 g/mol. The number of ether oxygens (including phenoxy) is 3. The average Bonchev–Trinajstić information content (AvgIpc) is 3.18. The Balaban J connectivity index is 1.37. The molecule has 1 saturated heterocycles. The number of hydrogen-bond donors (Lipinski definition) is 0. The molecular formula is C20H21N3O5. The van der Waals surface area contributed by atoms with Crippen LogP contribution in [0, 0.1) is 0 Å². The van der Waals surface area contributed by atoms with Crippen LogP contribution < -0.4 is 14.4 Å². The molecule has 28 heavy (non-hydrogen) atoms. The summed E-state index contributed by atoms with van der Waals surface area (Å²) in [6.45, 7) is 4.35. The zero-order valence-corrected chi connectivity index (χ0v) is 15.6. The van der Waals surface area contributed by atoms with E-state index < -0.39 is 5.97 Å². The van der Waals surface area contributed by atoms with Crippen molar-refractivity contribution in [1.82, 2.24) is 9.88 Å². The minimum absolute atomic E-state index is 0.0280. The van der Waals surface area contributed by atoms with Crippen LogP contribution in [-0.2, 0) is 16.1 Å². The highest BCUT2D eigenvalue weighted by Gasteiger charge is 2.25. The Bertz CT molecular complexity index is 884. The molecule has 0 spiro atoms. The van der Waals surface area contributed by atoms with Crippen molar-refractivity contribution in [3.05, 3.63) is 47.7 Å². The maximum absolute atomic E-state index is 12.6. The van der Waals surface area contributed by atoms with Crippen molar-refractivity contribution in [2.45, 2.75) is 13.5 Å². The van der Waals surface area contributed by atoms with E-state index in [0.29, 0.717) is 37.6 Å². The van der Waals surface area contributed by atoms with Gasteiger partial charge in [0.05, 0.1) is 18.7 Å². The molecule has 0 unspecified atom stereocenters. The van der Waals surface area contributed by atoms with Crippen LogP contribution in [0.4, 0.5) is 5.82 Å². The Morgan fingerprint density at radius 3 is 2.79 bits per heavy atom. The minimum atomic E-state index is -0.397. The van der Waals surface area contributed by atoms with Crippen LogP contribution in [0.1, 0.15) is 22.8 Å². The molecule has 0 aliphatic carbocycles. The van der Waals surface area contributed by atoms with Gasteiger partial charge in [-0.15, -0.1) is 0 Å². The second-order valence-electron chi connectivity index (χ2n) is 6.55. The molecule has 2 aliphatic heterocycles. The third-order valence-corrected chi connectivity index (χ3v) is 4.71. The SMILES string of the molecule is CCOC(=O)c1ccc(N2CCN(Cc3ccc4c(c3)OCO4)C(=O)C2)nc1. The number of fused-ring (bicyclic) bond motifs is 1. The van der Waals surface area contributed by atoms with Crippen molar-refractivity contribution in [2.75, 3.05) is 37.9 Å². The molecule has 8 nitrogen and oxygen atoms in total. The molecule has 2 aliphatic rings. The van der Waals surface area contributed by atoms with Crippen molar-refractivity contribution >= 4 is 17.7 Å². The molecule has 2 aromatic rings. The summed E-state index contributed by atoms with van der Waals surface area (Å²) in [5.74, 6) is 1.75. The fourth-order valence-electron chi connectivity index (χ4n) is 3.24. The molecule has 8 heteroatoms. The molecule has 0 saturated carbocycles. The topological polar surface area (TPSA) is 81.2 Å². The standard InChI is InChI=1S/C20H21N3O5/c1-2-26-20(25)15-4-6-18(21-10-15)22-7-8-23(19(24)12-22)11-14-3-5-16-17(9-14)28-13-27-16/h3-6,9-10H,2,7-8,11-13H2,1H3. The normalized spacial score (nSPS) is 15.7. The van der Waals surface area contributed by atoms with E-state index in [1.165, 1.54) is 6.20 Å². The van der Waals surface area contributed by atoms with E-state index >= 15 is 0 Å². The third kappa shape index (κ3) is 3.71. The molecule has 0 atom stereocenters. The summed E-state index contributed by atoms with van der Waals surface area (Å²) in [7, 11) is 0. The number of aromatic nitrogens is 1. The number of nitrogens with zero attached hydrogens (tertiary/aromatic N) is 3. The number of amides is 1. The van der Waals surface area contributed by atoms with Gasteiger partial charge in [0.2, 0.25) is 12.7 Å². The number of anilines is 1. The minimum Gasteiger partial charge on any atom is -0.462 e. The lowest BCUT2D eigenvalue weighted by molar-refractivity contribution is -0.131. The zero-order chi connectivity index (χ0) is 19.5. The highest BCUT2D eigenvalue weighted by atomic mass is 16.7. The summed E-state index contributed by atoms with van der Waals surface area (Å²) in [4.78, 5) is 32.4. The molecule has 1 amide bonds. The third-order valence-electron chi connectivity index (χ3n) is 4.71. The molecule has 1 fully saturated rings. The van der Waals surface area contributed by atoms with Gasteiger partial charge in [0.1, 0.15) is 5.82 Å². The van der Waals surface area contributed by atoms with E-state index in [-0.39, 0.29) is 19.2 Å². The zero-order valence-electron chi connectivity index (χ0n) is 15.6. The number of pyridine rings is 1. The summed E-state index contributed by atoms with van der Waals surface area (Å²) in [5.41, 5.74) is 1.40. The number of hydrogen-bond acceptors (Lipinski definition) is 7. The molecule has 0 radical (unpaired) electrons.